The fourth-order valence-electron chi connectivity index (χ4n) is 1.43. The van der Waals surface area contributed by atoms with Crippen LogP contribution in [0.3, 0.4) is 0 Å². The Morgan fingerprint density at radius 3 is 2.55 bits per heavy atom. The first kappa shape index (κ1) is 8.37. The van der Waals surface area contributed by atoms with Crippen LogP contribution in [0.15, 0.2) is 0 Å². The molecule has 3 heteroatoms. The zero-order valence-electron chi connectivity index (χ0n) is 6.60. The van der Waals surface area contributed by atoms with E-state index in [1.165, 1.54) is 25.2 Å². The summed E-state index contributed by atoms with van der Waals surface area (Å²) in [6, 6.07) is 0. The van der Waals surface area contributed by atoms with E-state index in [0.29, 0.717) is 6.54 Å². The van der Waals surface area contributed by atoms with Crippen LogP contribution in [0.5, 0.6) is 0 Å². The van der Waals surface area contributed by atoms with Gasteiger partial charge in [0.1, 0.15) is 0 Å². The van der Waals surface area contributed by atoms with Crippen LogP contribution in [0.25, 0.3) is 0 Å². The molecule has 1 rings (SSSR count). The highest BCUT2D eigenvalue weighted by atomic mass is 16.4. The van der Waals surface area contributed by atoms with Gasteiger partial charge in [-0.05, 0) is 18.8 Å². The van der Waals surface area contributed by atoms with Gasteiger partial charge in [-0.15, -0.1) is 0 Å². The molecular weight excluding hydrogens is 142 g/mol. The number of nitrogens with one attached hydrogen (secondary N) is 1. The van der Waals surface area contributed by atoms with E-state index >= 15 is 0 Å². The van der Waals surface area contributed by atoms with Gasteiger partial charge >= 0.3 is 6.09 Å². The van der Waals surface area contributed by atoms with Crippen LogP contribution in [-0.2, 0) is 0 Å². The third-order valence-electron chi connectivity index (χ3n) is 2.05. The van der Waals surface area contributed by atoms with Crippen molar-refractivity contribution in [2.45, 2.75) is 32.1 Å². The van der Waals surface area contributed by atoms with Crippen LogP contribution in [-0.4, -0.2) is 17.7 Å². The Labute approximate surface area is 66.8 Å². The van der Waals surface area contributed by atoms with Crippen molar-refractivity contribution < 1.29 is 9.90 Å². The molecule has 0 bridgehead atoms. The average Bonchev–Trinajstić information content (AvgIpc) is 2.03. The molecule has 1 fully saturated rings. The highest BCUT2D eigenvalue weighted by molar-refractivity contribution is 5.64. The summed E-state index contributed by atoms with van der Waals surface area (Å²) in [4.78, 5) is 10.1. The lowest BCUT2D eigenvalue weighted by Gasteiger charge is -2.20. The summed E-state index contributed by atoms with van der Waals surface area (Å²) in [6.07, 6.45) is 5.08. The Bertz CT molecular complexity index is 130. The van der Waals surface area contributed by atoms with E-state index in [-0.39, 0.29) is 0 Å². The SMILES string of the molecule is O=C(O)NC[C]1CCCCC1. The van der Waals surface area contributed by atoms with Crippen molar-refractivity contribution in [2.24, 2.45) is 0 Å². The van der Waals surface area contributed by atoms with E-state index in [1.807, 2.05) is 0 Å². The summed E-state index contributed by atoms with van der Waals surface area (Å²) in [5.41, 5.74) is 0. The standard InChI is InChI=1S/C8H14NO2/c10-8(11)9-6-7-4-2-1-3-5-7/h9H,1-6H2,(H,10,11). The minimum atomic E-state index is -0.914. The predicted molar refractivity (Wildman–Crippen MR) is 42.4 cm³/mol. The number of rotatable bonds is 2. The molecule has 2 N–H and O–H groups in total. The molecule has 0 aromatic rings. The minimum absolute atomic E-state index is 0.565. The second kappa shape index (κ2) is 4.21. The van der Waals surface area contributed by atoms with E-state index in [0.717, 1.165) is 12.8 Å². The monoisotopic (exact) mass is 156 g/mol. The quantitative estimate of drug-likeness (QED) is 0.640. The van der Waals surface area contributed by atoms with Crippen molar-refractivity contribution in [3.8, 4) is 0 Å². The van der Waals surface area contributed by atoms with Gasteiger partial charge in [0.05, 0.1) is 0 Å². The number of hydrogen-bond donors (Lipinski definition) is 2. The molecule has 1 aliphatic rings. The third kappa shape index (κ3) is 3.25. The zero-order chi connectivity index (χ0) is 8.10. The van der Waals surface area contributed by atoms with Gasteiger partial charge in [-0.25, -0.2) is 4.79 Å². The molecule has 3 nitrogen and oxygen atoms in total. The maximum absolute atomic E-state index is 10.1. The first-order valence-electron chi connectivity index (χ1n) is 4.09. The molecule has 1 saturated carbocycles. The molecule has 11 heavy (non-hydrogen) atoms. The van der Waals surface area contributed by atoms with Crippen LogP contribution < -0.4 is 5.32 Å². The van der Waals surface area contributed by atoms with E-state index in [2.05, 4.69) is 5.32 Å². The maximum atomic E-state index is 10.1. The van der Waals surface area contributed by atoms with Crippen molar-refractivity contribution in [2.75, 3.05) is 6.54 Å². The van der Waals surface area contributed by atoms with E-state index in [1.54, 1.807) is 0 Å². The predicted octanol–water partition coefficient (Wildman–Crippen LogP) is 1.79. The van der Waals surface area contributed by atoms with Crippen molar-refractivity contribution >= 4 is 6.09 Å². The van der Waals surface area contributed by atoms with E-state index in [4.69, 9.17) is 5.11 Å². The summed E-state index contributed by atoms with van der Waals surface area (Å²) in [6.45, 7) is 0.565. The Kier molecular flexibility index (Phi) is 3.20. The molecule has 0 aromatic heterocycles. The Balaban J connectivity index is 2.09. The van der Waals surface area contributed by atoms with Crippen LogP contribution in [0.2, 0.25) is 0 Å². The molecule has 0 heterocycles. The summed E-state index contributed by atoms with van der Waals surface area (Å²) in [7, 11) is 0. The van der Waals surface area contributed by atoms with Crippen molar-refractivity contribution in [1.29, 1.82) is 0 Å². The lowest BCUT2D eigenvalue weighted by molar-refractivity contribution is 0.194. The average molecular weight is 156 g/mol. The highest BCUT2D eigenvalue weighted by Gasteiger charge is 2.13. The first-order valence-corrected chi connectivity index (χ1v) is 4.09. The third-order valence-corrected chi connectivity index (χ3v) is 2.05. The molecule has 0 aromatic carbocycles. The van der Waals surface area contributed by atoms with Gasteiger partial charge in [0, 0.05) is 6.54 Å². The molecule has 1 aliphatic carbocycles. The van der Waals surface area contributed by atoms with E-state index < -0.39 is 6.09 Å². The van der Waals surface area contributed by atoms with Crippen LogP contribution >= 0.6 is 0 Å². The lowest BCUT2D eigenvalue weighted by atomic mass is 9.89. The maximum Gasteiger partial charge on any atom is 0.404 e. The Hall–Kier alpha value is -0.730. The summed E-state index contributed by atoms with van der Waals surface area (Å²) in [5, 5.41) is 10.7. The van der Waals surface area contributed by atoms with Crippen LogP contribution in [0, 0.1) is 5.92 Å². The van der Waals surface area contributed by atoms with Gasteiger partial charge in [0.25, 0.3) is 0 Å². The molecule has 0 atom stereocenters. The fraction of sp³-hybridized carbons (Fsp3) is 0.750. The molecule has 1 radical (unpaired) electrons. The minimum Gasteiger partial charge on any atom is -0.465 e. The second-order valence-corrected chi connectivity index (χ2v) is 2.97. The summed E-state index contributed by atoms with van der Waals surface area (Å²) < 4.78 is 0. The van der Waals surface area contributed by atoms with Gasteiger partial charge in [0.2, 0.25) is 0 Å². The summed E-state index contributed by atoms with van der Waals surface area (Å²) >= 11 is 0. The summed E-state index contributed by atoms with van der Waals surface area (Å²) in [5.74, 6) is 1.36. The number of amides is 1. The van der Waals surface area contributed by atoms with Gasteiger partial charge in [0.15, 0.2) is 0 Å². The molecule has 0 saturated heterocycles. The lowest BCUT2D eigenvalue weighted by Crippen LogP contribution is -2.27. The normalized spacial score (nSPS) is 19.6. The smallest absolute Gasteiger partial charge is 0.404 e. The highest BCUT2D eigenvalue weighted by Crippen LogP contribution is 2.24. The van der Waals surface area contributed by atoms with Gasteiger partial charge in [-0.1, -0.05) is 19.3 Å². The van der Waals surface area contributed by atoms with Gasteiger partial charge in [-0.2, -0.15) is 0 Å². The van der Waals surface area contributed by atoms with Gasteiger partial charge in [-0.3, -0.25) is 0 Å². The molecular formula is C8H14NO2. The van der Waals surface area contributed by atoms with Crippen LogP contribution in [0.1, 0.15) is 32.1 Å². The number of hydrogen-bond acceptors (Lipinski definition) is 1. The van der Waals surface area contributed by atoms with Gasteiger partial charge < -0.3 is 10.4 Å². The molecule has 0 unspecified atom stereocenters. The first-order chi connectivity index (χ1) is 5.29. The number of carboxylic acid groups (broad SMARTS) is 1. The fourth-order valence-corrected chi connectivity index (χ4v) is 1.43. The van der Waals surface area contributed by atoms with Crippen molar-refractivity contribution in [1.82, 2.24) is 5.32 Å². The molecule has 1 amide bonds. The van der Waals surface area contributed by atoms with Crippen molar-refractivity contribution in [3.05, 3.63) is 5.92 Å². The topological polar surface area (TPSA) is 49.3 Å². The Morgan fingerprint density at radius 2 is 2.00 bits per heavy atom. The molecule has 0 aliphatic heterocycles. The van der Waals surface area contributed by atoms with Crippen LogP contribution in [0.4, 0.5) is 4.79 Å². The van der Waals surface area contributed by atoms with Crippen molar-refractivity contribution in [3.63, 3.8) is 0 Å². The molecule has 0 spiro atoms. The number of carbonyl (C=O) groups is 1. The zero-order valence-corrected chi connectivity index (χ0v) is 6.60. The second-order valence-electron chi connectivity index (χ2n) is 2.97. The largest absolute Gasteiger partial charge is 0.465 e. The molecule has 63 valence electrons. The van der Waals surface area contributed by atoms with E-state index in [9.17, 15) is 4.79 Å². The Morgan fingerprint density at radius 1 is 1.36 bits per heavy atom.